The van der Waals surface area contributed by atoms with E-state index in [4.69, 9.17) is 28.5 Å². The van der Waals surface area contributed by atoms with Gasteiger partial charge in [-0.1, -0.05) is 25.7 Å². The van der Waals surface area contributed by atoms with E-state index in [1.807, 2.05) is 0 Å². The lowest BCUT2D eigenvalue weighted by atomic mass is 9.81. The third kappa shape index (κ3) is 9.62. The predicted molar refractivity (Wildman–Crippen MR) is 180 cm³/mol. The van der Waals surface area contributed by atoms with Crippen molar-refractivity contribution in [2.24, 2.45) is 17.8 Å². The van der Waals surface area contributed by atoms with Crippen LogP contribution in [0.2, 0.25) is 0 Å². The second-order valence-corrected chi connectivity index (χ2v) is 14.6. The van der Waals surface area contributed by atoms with Crippen LogP contribution in [0.4, 0.5) is 4.79 Å². The van der Waals surface area contributed by atoms with Gasteiger partial charge in [0.2, 0.25) is 18.1 Å². The number of urea groups is 1. The fourth-order valence-corrected chi connectivity index (χ4v) is 7.49. The van der Waals surface area contributed by atoms with Gasteiger partial charge in [0.25, 0.3) is 5.91 Å². The number of likely N-dealkylation sites (N-methyl/N-ethyl adjacent to an activating group) is 1. The zero-order valence-corrected chi connectivity index (χ0v) is 31.5. The summed E-state index contributed by atoms with van der Waals surface area (Å²) in [4.78, 5) is 115. The Balaban J connectivity index is 1.71. The van der Waals surface area contributed by atoms with Crippen molar-refractivity contribution in [3.63, 3.8) is 0 Å². The van der Waals surface area contributed by atoms with Crippen LogP contribution in [0.3, 0.4) is 0 Å². The first-order chi connectivity index (χ1) is 25.0. The standard InChI is InChI=1S/C35H52N4O14/c1-19(40)49-25-26(50-20(2)41)28(51-21(3)42)32(52-27(25)31(45)48-7)53-36-29(43)24(18-39-33(46)35(4,5)37(6)34(39)47)23(17-22-13-9-10-14-22)30(44)38-15-11-8-12-16-38/h22-28,32H,8-18H2,1-7H3,(H,36,43)/t23-,24+,25+,26+,27+,28-,32+/m1/s1. The molecule has 1 aliphatic carbocycles. The fraction of sp³-hybridized carbons (Fsp3) is 0.771. The van der Waals surface area contributed by atoms with Crippen LogP contribution >= 0.6 is 0 Å². The molecule has 4 rings (SSSR count). The van der Waals surface area contributed by atoms with Crippen LogP contribution in [-0.4, -0.2) is 132 Å². The number of carbonyl (C=O) groups is 8. The molecule has 53 heavy (non-hydrogen) atoms. The van der Waals surface area contributed by atoms with E-state index < -0.39 is 96.3 Å². The summed E-state index contributed by atoms with van der Waals surface area (Å²) in [6, 6.07) is -0.643. The van der Waals surface area contributed by atoms with Crippen molar-refractivity contribution in [3.8, 4) is 0 Å². The number of hydrogen-bond donors (Lipinski definition) is 1. The molecule has 3 aliphatic heterocycles. The van der Waals surface area contributed by atoms with E-state index in [2.05, 4.69) is 5.48 Å². The normalized spacial score (nSPS) is 27.2. The minimum atomic E-state index is -1.87. The summed E-state index contributed by atoms with van der Waals surface area (Å²) in [7, 11) is 2.50. The zero-order chi connectivity index (χ0) is 39.2. The Kier molecular flexibility index (Phi) is 13.8. The lowest BCUT2D eigenvalue weighted by Gasteiger charge is -2.43. The van der Waals surface area contributed by atoms with Crippen molar-refractivity contribution in [3.05, 3.63) is 0 Å². The second-order valence-electron chi connectivity index (χ2n) is 14.6. The van der Waals surface area contributed by atoms with Crippen molar-refractivity contribution in [1.29, 1.82) is 0 Å². The number of nitrogens with zero attached hydrogens (tertiary/aromatic N) is 3. The van der Waals surface area contributed by atoms with Crippen LogP contribution in [0.15, 0.2) is 0 Å². The molecule has 0 aromatic heterocycles. The third-order valence-electron chi connectivity index (χ3n) is 10.5. The maximum Gasteiger partial charge on any atom is 0.339 e. The molecule has 0 aromatic rings. The number of ether oxygens (including phenoxy) is 5. The predicted octanol–water partition coefficient (Wildman–Crippen LogP) is 1.23. The average molecular weight is 753 g/mol. The highest BCUT2D eigenvalue weighted by Gasteiger charge is 2.56. The van der Waals surface area contributed by atoms with E-state index in [0.717, 1.165) is 77.7 Å². The topological polar surface area (TPSA) is 214 Å². The summed E-state index contributed by atoms with van der Waals surface area (Å²) >= 11 is 0. The molecule has 1 N–H and O–H groups in total. The van der Waals surface area contributed by atoms with Crippen molar-refractivity contribution >= 4 is 47.6 Å². The van der Waals surface area contributed by atoms with Crippen LogP contribution in [0.25, 0.3) is 0 Å². The maximum atomic E-state index is 14.4. The molecule has 3 saturated heterocycles. The number of methoxy groups -OCH3 is 1. The summed E-state index contributed by atoms with van der Waals surface area (Å²) in [6.07, 6.45) is -2.21. The molecular weight excluding hydrogens is 700 g/mol. The summed E-state index contributed by atoms with van der Waals surface area (Å²) < 4.78 is 26.6. The Labute approximate surface area is 308 Å². The van der Waals surface area contributed by atoms with Gasteiger partial charge in [-0.2, -0.15) is 0 Å². The number of piperidine rings is 1. The van der Waals surface area contributed by atoms with Gasteiger partial charge in [-0.05, 0) is 45.4 Å². The van der Waals surface area contributed by atoms with Gasteiger partial charge in [-0.15, -0.1) is 0 Å². The van der Waals surface area contributed by atoms with Gasteiger partial charge in [-0.3, -0.25) is 33.7 Å². The number of carbonyl (C=O) groups excluding carboxylic acids is 8. The SMILES string of the molecule is COC(=O)[C@H]1O[C@@H](ONC(=O)[C@@H](CN2C(=O)N(C)C(C)(C)C2=O)[C@@H](CC2CCCC2)C(=O)N2CCCCC2)[C@H](OC(C)=O)[C@@H](OC(C)=O)[C@@H]1OC(C)=O. The lowest BCUT2D eigenvalue weighted by Crippen LogP contribution is -2.64. The van der Waals surface area contributed by atoms with Gasteiger partial charge in [-0.25, -0.2) is 19.9 Å². The maximum absolute atomic E-state index is 14.4. The number of amides is 5. The Morgan fingerprint density at radius 1 is 0.830 bits per heavy atom. The number of esters is 4. The third-order valence-corrected chi connectivity index (χ3v) is 10.5. The fourth-order valence-electron chi connectivity index (χ4n) is 7.49. The second kappa shape index (κ2) is 17.7. The molecule has 18 nitrogen and oxygen atoms in total. The molecule has 0 spiro atoms. The molecule has 0 aromatic carbocycles. The van der Waals surface area contributed by atoms with Gasteiger partial charge in [0, 0.05) is 47.5 Å². The minimum absolute atomic E-state index is 0.118. The molecule has 4 aliphatic rings. The van der Waals surface area contributed by atoms with E-state index in [-0.39, 0.29) is 11.8 Å². The van der Waals surface area contributed by atoms with Crippen molar-refractivity contribution < 1.29 is 66.9 Å². The monoisotopic (exact) mass is 752 g/mol. The first-order valence-corrected chi connectivity index (χ1v) is 18.1. The Morgan fingerprint density at radius 2 is 1.40 bits per heavy atom. The number of hydrogen-bond acceptors (Lipinski definition) is 14. The zero-order valence-electron chi connectivity index (χ0n) is 31.5. The lowest BCUT2D eigenvalue weighted by molar-refractivity contribution is -0.312. The molecule has 5 amide bonds. The highest BCUT2D eigenvalue weighted by Crippen LogP contribution is 2.37. The first-order valence-electron chi connectivity index (χ1n) is 18.1. The van der Waals surface area contributed by atoms with E-state index in [1.165, 1.54) is 11.9 Å². The number of hydroxylamine groups is 1. The van der Waals surface area contributed by atoms with Crippen molar-refractivity contribution in [1.82, 2.24) is 20.2 Å². The van der Waals surface area contributed by atoms with E-state index in [1.54, 1.807) is 18.7 Å². The molecule has 0 bridgehead atoms. The quantitative estimate of drug-likeness (QED) is 0.121. The van der Waals surface area contributed by atoms with Crippen LogP contribution in [0.5, 0.6) is 0 Å². The van der Waals surface area contributed by atoms with Crippen molar-refractivity contribution in [2.75, 3.05) is 33.8 Å². The van der Waals surface area contributed by atoms with Crippen LogP contribution in [0, 0.1) is 17.8 Å². The van der Waals surface area contributed by atoms with Crippen LogP contribution in [0.1, 0.15) is 86.0 Å². The summed E-state index contributed by atoms with van der Waals surface area (Å²) in [6.45, 7) is 6.80. The van der Waals surface area contributed by atoms with E-state index in [9.17, 15) is 38.4 Å². The smallest absolute Gasteiger partial charge is 0.339 e. The van der Waals surface area contributed by atoms with Gasteiger partial charge in [0.05, 0.1) is 18.9 Å². The number of rotatable bonds is 13. The highest BCUT2D eigenvalue weighted by atomic mass is 16.8. The van der Waals surface area contributed by atoms with Gasteiger partial charge >= 0.3 is 29.9 Å². The Morgan fingerprint density at radius 3 is 1.92 bits per heavy atom. The van der Waals surface area contributed by atoms with Gasteiger partial charge < -0.3 is 33.5 Å². The van der Waals surface area contributed by atoms with E-state index in [0.29, 0.717) is 19.5 Å². The number of imide groups is 1. The van der Waals surface area contributed by atoms with E-state index >= 15 is 0 Å². The molecule has 296 valence electrons. The molecule has 18 heteroatoms. The van der Waals surface area contributed by atoms with Gasteiger partial charge in [0.1, 0.15) is 5.54 Å². The van der Waals surface area contributed by atoms with Crippen LogP contribution in [-0.2, 0) is 62.1 Å². The number of likely N-dealkylation sites (tertiary alicyclic amines) is 1. The first kappa shape index (κ1) is 41.4. The Hall–Kier alpha value is -4.32. The number of nitrogens with one attached hydrogen (secondary N) is 1. The average Bonchev–Trinajstić information content (AvgIpc) is 3.68. The molecule has 0 radical (unpaired) electrons. The molecular formula is C35H52N4O14. The van der Waals surface area contributed by atoms with Crippen molar-refractivity contribution in [2.45, 2.75) is 122 Å². The van der Waals surface area contributed by atoms with Gasteiger partial charge in [0.15, 0.2) is 24.4 Å². The molecule has 3 heterocycles. The Bertz CT molecular complexity index is 1420. The molecule has 7 atom stereocenters. The highest BCUT2D eigenvalue weighted by molar-refractivity contribution is 6.06. The molecule has 4 fully saturated rings. The largest absolute Gasteiger partial charge is 0.467 e. The summed E-state index contributed by atoms with van der Waals surface area (Å²) in [5.74, 6) is -7.68. The summed E-state index contributed by atoms with van der Waals surface area (Å²) in [5, 5.41) is 0. The minimum Gasteiger partial charge on any atom is -0.467 e. The summed E-state index contributed by atoms with van der Waals surface area (Å²) in [5.41, 5.74) is 1.06. The molecule has 1 saturated carbocycles. The van der Waals surface area contributed by atoms with Crippen LogP contribution < -0.4 is 5.48 Å². The molecule has 0 unspecified atom stereocenters.